The molecule has 0 amide bonds. The summed E-state index contributed by atoms with van der Waals surface area (Å²) in [5.41, 5.74) is 3.28. The van der Waals surface area contributed by atoms with Gasteiger partial charge < -0.3 is 14.9 Å². The number of nitrogens with zero attached hydrogens (tertiary/aromatic N) is 4. The number of phenols is 2. The third-order valence-electron chi connectivity index (χ3n) is 5.06. The van der Waals surface area contributed by atoms with Crippen LogP contribution in [0.15, 0.2) is 54.6 Å². The largest absolute Gasteiger partial charge is 0.507 e. The Morgan fingerprint density at radius 2 is 1.71 bits per heavy atom. The molecule has 0 saturated heterocycles. The van der Waals surface area contributed by atoms with Gasteiger partial charge in [-0.2, -0.15) is 4.68 Å². The van der Waals surface area contributed by atoms with Crippen LogP contribution in [0.2, 0.25) is 5.02 Å². The molecule has 4 rings (SSSR count). The Balaban J connectivity index is 1.91. The summed E-state index contributed by atoms with van der Waals surface area (Å²) in [5, 5.41) is 33.7. The maximum Gasteiger partial charge on any atom is 0.190 e. The predicted octanol–water partition coefficient (Wildman–Crippen LogP) is 5.19. The van der Waals surface area contributed by atoms with Gasteiger partial charge in [0.1, 0.15) is 17.2 Å². The third-order valence-corrected chi connectivity index (χ3v) is 5.29. The number of ether oxygens (including phenoxy) is 1. The predicted molar refractivity (Wildman–Crippen MR) is 119 cm³/mol. The molecule has 0 atom stereocenters. The molecule has 2 N–H and O–H groups in total. The molecule has 1 aromatic heterocycles. The van der Waals surface area contributed by atoms with Gasteiger partial charge in [-0.1, -0.05) is 37.6 Å². The molecule has 31 heavy (non-hydrogen) atoms. The summed E-state index contributed by atoms with van der Waals surface area (Å²) in [7, 11) is 1.58. The number of benzene rings is 3. The van der Waals surface area contributed by atoms with Crippen molar-refractivity contribution in [3.8, 4) is 45.5 Å². The highest BCUT2D eigenvalue weighted by Gasteiger charge is 2.20. The Labute approximate surface area is 184 Å². The molecule has 0 radical (unpaired) electrons. The number of hydrogen-bond donors (Lipinski definition) is 2. The van der Waals surface area contributed by atoms with E-state index >= 15 is 0 Å². The lowest BCUT2D eigenvalue weighted by Gasteiger charge is -2.15. The molecule has 158 valence electrons. The minimum absolute atomic E-state index is 0.0813. The highest BCUT2D eigenvalue weighted by molar-refractivity contribution is 6.30. The first kappa shape index (κ1) is 20.7. The van der Waals surface area contributed by atoms with Gasteiger partial charge in [-0.05, 0) is 58.3 Å². The summed E-state index contributed by atoms with van der Waals surface area (Å²) in [4.78, 5) is 0. The molecule has 1 heterocycles. The molecule has 7 nitrogen and oxygen atoms in total. The third kappa shape index (κ3) is 3.92. The molecular weight excluding hydrogens is 416 g/mol. The summed E-state index contributed by atoms with van der Waals surface area (Å²) in [6.07, 6.45) is 0. The van der Waals surface area contributed by atoms with E-state index in [0.29, 0.717) is 44.9 Å². The van der Waals surface area contributed by atoms with Crippen LogP contribution in [-0.4, -0.2) is 37.5 Å². The minimum atomic E-state index is -0.154. The number of hydrogen-bond acceptors (Lipinski definition) is 6. The van der Waals surface area contributed by atoms with E-state index in [2.05, 4.69) is 29.4 Å². The Kier molecular flexibility index (Phi) is 5.52. The van der Waals surface area contributed by atoms with E-state index < -0.39 is 0 Å². The Bertz CT molecular complexity index is 1250. The van der Waals surface area contributed by atoms with Crippen LogP contribution in [0.5, 0.6) is 17.2 Å². The van der Waals surface area contributed by atoms with E-state index in [1.54, 1.807) is 37.4 Å². The molecule has 0 aliphatic rings. The number of phenolic OH excluding ortho intramolecular Hbond substituents is 2. The van der Waals surface area contributed by atoms with Crippen molar-refractivity contribution < 1.29 is 14.9 Å². The smallest absolute Gasteiger partial charge is 0.190 e. The zero-order valence-electron chi connectivity index (χ0n) is 17.2. The second-order valence-corrected chi connectivity index (χ2v) is 7.83. The van der Waals surface area contributed by atoms with Crippen LogP contribution in [0.1, 0.15) is 25.3 Å². The standard InChI is InChI=1S/C23H21ClN4O3/c1-13(2)14-7-8-22(31-3)18(9-14)17-11-19(21(30)12-20(17)29)23-25-26-27-28(23)16-6-4-5-15(24)10-16/h4-13,29-30H,1-3H3. The Morgan fingerprint density at radius 1 is 0.935 bits per heavy atom. The lowest BCUT2D eigenvalue weighted by atomic mass is 9.94. The number of rotatable bonds is 5. The quantitative estimate of drug-likeness (QED) is 0.447. The van der Waals surface area contributed by atoms with Crippen LogP contribution in [0.3, 0.4) is 0 Å². The average Bonchev–Trinajstić information content (AvgIpc) is 3.23. The van der Waals surface area contributed by atoms with Gasteiger partial charge in [0.05, 0.1) is 18.4 Å². The van der Waals surface area contributed by atoms with Crippen LogP contribution in [-0.2, 0) is 0 Å². The molecule has 4 aromatic rings. The van der Waals surface area contributed by atoms with E-state index in [9.17, 15) is 10.2 Å². The van der Waals surface area contributed by atoms with Crippen molar-refractivity contribution in [3.63, 3.8) is 0 Å². The molecule has 0 spiro atoms. The van der Waals surface area contributed by atoms with Crippen molar-refractivity contribution >= 4 is 11.6 Å². The van der Waals surface area contributed by atoms with Gasteiger partial charge >= 0.3 is 0 Å². The highest BCUT2D eigenvalue weighted by Crippen LogP contribution is 2.43. The van der Waals surface area contributed by atoms with Crippen LogP contribution >= 0.6 is 11.6 Å². The molecular formula is C23H21ClN4O3. The first-order valence-corrected chi connectivity index (χ1v) is 10.1. The number of aromatic nitrogens is 4. The summed E-state index contributed by atoms with van der Waals surface area (Å²) >= 11 is 6.11. The second kappa shape index (κ2) is 8.28. The summed E-state index contributed by atoms with van der Waals surface area (Å²) in [5.74, 6) is 0.963. The molecule has 8 heteroatoms. The van der Waals surface area contributed by atoms with E-state index in [-0.39, 0.29) is 11.5 Å². The lowest BCUT2D eigenvalue weighted by molar-refractivity contribution is 0.415. The number of halogens is 1. The number of methoxy groups -OCH3 is 1. The fraction of sp³-hybridized carbons (Fsp3) is 0.174. The van der Waals surface area contributed by atoms with Gasteiger partial charge in [-0.3, -0.25) is 0 Å². The van der Waals surface area contributed by atoms with E-state index in [1.807, 2.05) is 18.2 Å². The van der Waals surface area contributed by atoms with Gasteiger partial charge in [0.2, 0.25) is 0 Å². The molecule has 0 unspecified atom stereocenters. The van der Waals surface area contributed by atoms with Crippen molar-refractivity contribution in [2.24, 2.45) is 0 Å². The van der Waals surface area contributed by atoms with Gasteiger partial charge in [0.25, 0.3) is 0 Å². The van der Waals surface area contributed by atoms with Gasteiger partial charge in [-0.15, -0.1) is 5.10 Å². The number of tetrazole rings is 1. The van der Waals surface area contributed by atoms with Gasteiger partial charge in [0.15, 0.2) is 5.82 Å². The minimum Gasteiger partial charge on any atom is -0.507 e. The molecule has 3 aromatic carbocycles. The van der Waals surface area contributed by atoms with Crippen molar-refractivity contribution in [2.45, 2.75) is 19.8 Å². The SMILES string of the molecule is COc1ccc(C(C)C)cc1-c1cc(-c2nnnn2-c2cccc(Cl)c2)c(O)cc1O. The summed E-state index contributed by atoms with van der Waals surface area (Å²) < 4.78 is 7.00. The number of aromatic hydroxyl groups is 2. The monoisotopic (exact) mass is 436 g/mol. The molecule has 0 saturated carbocycles. The van der Waals surface area contributed by atoms with Crippen LogP contribution in [0.4, 0.5) is 0 Å². The first-order chi connectivity index (χ1) is 14.9. The van der Waals surface area contributed by atoms with Crippen molar-refractivity contribution in [3.05, 3.63) is 65.2 Å². The second-order valence-electron chi connectivity index (χ2n) is 7.40. The topological polar surface area (TPSA) is 93.3 Å². The lowest BCUT2D eigenvalue weighted by Crippen LogP contribution is -2.00. The zero-order chi connectivity index (χ0) is 22.1. The van der Waals surface area contributed by atoms with Gasteiger partial charge in [0, 0.05) is 22.2 Å². The van der Waals surface area contributed by atoms with E-state index in [4.69, 9.17) is 16.3 Å². The van der Waals surface area contributed by atoms with Crippen LogP contribution in [0, 0.1) is 0 Å². The highest BCUT2D eigenvalue weighted by atomic mass is 35.5. The molecule has 0 aliphatic heterocycles. The van der Waals surface area contributed by atoms with Crippen molar-refractivity contribution in [1.82, 2.24) is 20.2 Å². The maximum absolute atomic E-state index is 10.6. The Hall–Kier alpha value is -3.58. The summed E-state index contributed by atoms with van der Waals surface area (Å²) in [6, 6.07) is 15.8. The van der Waals surface area contributed by atoms with E-state index in [0.717, 1.165) is 5.56 Å². The van der Waals surface area contributed by atoms with Crippen LogP contribution < -0.4 is 4.74 Å². The normalized spacial score (nSPS) is 11.1. The molecule has 0 fully saturated rings. The average molecular weight is 437 g/mol. The Morgan fingerprint density at radius 3 is 2.42 bits per heavy atom. The van der Waals surface area contributed by atoms with Crippen molar-refractivity contribution in [2.75, 3.05) is 7.11 Å². The molecule has 0 aliphatic carbocycles. The van der Waals surface area contributed by atoms with Gasteiger partial charge in [-0.25, -0.2) is 0 Å². The zero-order valence-corrected chi connectivity index (χ0v) is 18.0. The fourth-order valence-electron chi connectivity index (χ4n) is 3.40. The van der Waals surface area contributed by atoms with E-state index in [1.165, 1.54) is 10.7 Å². The van der Waals surface area contributed by atoms with Crippen LogP contribution in [0.25, 0.3) is 28.2 Å². The summed E-state index contributed by atoms with van der Waals surface area (Å²) in [6.45, 7) is 4.18. The first-order valence-electron chi connectivity index (χ1n) is 9.68. The fourth-order valence-corrected chi connectivity index (χ4v) is 3.59. The maximum atomic E-state index is 10.6. The molecule has 0 bridgehead atoms. The van der Waals surface area contributed by atoms with Crippen molar-refractivity contribution in [1.29, 1.82) is 0 Å².